The van der Waals surface area contributed by atoms with Crippen molar-refractivity contribution in [3.8, 4) is 11.1 Å². The summed E-state index contributed by atoms with van der Waals surface area (Å²) in [6.45, 7) is 5.82. The molecule has 0 saturated heterocycles. The maximum absolute atomic E-state index is 14.3. The summed E-state index contributed by atoms with van der Waals surface area (Å²) >= 11 is 0. The number of hydrogen-bond acceptors (Lipinski definition) is 4. The van der Waals surface area contributed by atoms with Gasteiger partial charge >= 0.3 is 5.97 Å². The molecule has 0 fully saturated rings. The first-order valence-electron chi connectivity index (χ1n) is 6.74. The maximum Gasteiger partial charge on any atom is 0.338 e. The molecule has 1 heterocycles. The number of halogens is 1. The van der Waals surface area contributed by atoms with Gasteiger partial charge in [0.05, 0.1) is 18.4 Å². The molecule has 0 aliphatic carbocycles. The van der Waals surface area contributed by atoms with E-state index in [4.69, 9.17) is 10.5 Å². The minimum absolute atomic E-state index is 0.109. The van der Waals surface area contributed by atoms with E-state index < -0.39 is 11.8 Å². The Morgan fingerprint density at radius 1 is 1.48 bits per heavy atom. The van der Waals surface area contributed by atoms with E-state index in [0.717, 1.165) is 0 Å². The highest BCUT2D eigenvalue weighted by Gasteiger charge is 2.20. The van der Waals surface area contributed by atoms with E-state index in [1.807, 2.05) is 13.8 Å². The van der Waals surface area contributed by atoms with Crippen molar-refractivity contribution in [2.24, 2.45) is 0 Å². The van der Waals surface area contributed by atoms with Crippen LogP contribution in [0.3, 0.4) is 0 Å². The SMILES string of the molecule is CCOC(=O)c1cc(N)cc(F)c1-c1cnn(C(C)C)c1. The number of carbonyl (C=O) groups is 1. The molecule has 0 bridgehead atoms. The van der Waals surface area contributed by atoms with Crippen LogP contribution in [0.1, 0.15) is 37.2 Å². The molecular weight excluding hydrogens is 273 g/mol. The zero-order chi connectivity index (χ0) is 15.6. The van der Waals surface area contributed by atoms with Crippen LogP contribution in [0.15, 0.2) is 24.5 Å². The van der Waals surface area contributed by atoms with Gasteiger partial charge in [0.1, 0.15) is 5.82 Å². The molecule has 112 valence electrons. The largest absolute Gasteiger partial charge is 0.462 e. The normalized spacial score (nSPS) is 10.9. The Bertz CT molecular complexity index is 665. The van der Waals surface area contributed by atoms with E-state index in [-0.39, 0.29) is 29.5 Å². The number of rotatable bonds is 4. The van der Waals surface area contributed by atoms with E-state index in [9.17, 15) is 9.18 Å². The molecule has 1 aromatic carbocycles. The Hall–Kier alpha value is -2.37. The highest BCUT2D eigenvalue weighted by molar-refractivity contribution is 5.98. The van der Waals surface area contributed by atoms with Crippen molar-refractivity contribution >= 4 is 11.7 Å². The first-order valence-corrected chi connectivity index (χ1v) is 6.74. The van der Waals surface area contributed by atoms with E-state index in [1.54, 1.807) is 17.8 Å². The lowest BCUT2D eigenvalue weighted by Crippen LogP contribution is -2.08. The second kappa shape index (κ2) is 5.95. The molecule has 2 N–H and O–H groups in total. The lowest BCUT2D eigenvalue weighted by atomic mass is 10.0. The summed E-state index contributed by atoms with van der Waals surface area (Å²) in [6.07, 6.45) is 3.22. The molecule has 0 aliphatic heterocycles. The fraction of sp³-hybridized carbons (Fsp3) is 0.333. The minimum atomic E-state index is -0.601. The lowest BCUT2D eigenvalue weighted by molar-refractivity contribution is 0.0527. The molecule has 21 heavy (non-hydrogen) atoms. The highest BCUT2D eigenvalue weighted by Crippen LogP contribution is 2.30. The van der Waals surface area contributed by atoms with E-state index in [1.165, 1.54) is 18.3 Å². The molecule has 0 atom stereocenters. The van der Waals surface area contributed by atoms with Crippen molar-refractivity contribution in [3.05, 3.63) is 35.9 Å². The van der Waals surface area contributed by atoms with Gasteiger partial charge in [-0.2, -0.15) is 5.10 Å². The van der Waals surface area contributed by atoms with Crippen molar-refractivity contribution in [2.45, 2.75) is 26.8 Å². The zero-order valence-corrected chi connectivity index (χ0v) is 12.3. The highest BCUT2D eigenvalue weighted by atomic mass is 19.1. The summed E-state index contributed by atoms with van der Waals surface area (Å²) in [4.78, 5) is 12.0. The van der Waals surface area contributed by atoms with E-state index >= 15 is 0 Å². The van der Waals surface area contributed by atoms with Gasteiger partial charge in [-0.1, -0.05) is 0 Å². The van der Waals surface area contributed by atoms with E-state index in [0.29, 0.717) is 5.56 Å². The Morgan fingerprint density at radius 3 is 2.76 bits per heavy atom. The van der Waals surface area contributed by atoms with E-state index in [2.05, 4.69) is 5.10 Å². The predicted octanol–water partition coefficient (Wildman–Crippen LogP) is 3.03. The molecule has 0 amide bonds. The van der Waals surface area contributed by atoms with Crippen LogP contribution in [-0.2, 0) is 4.74 Å². The second-order valence-corrected chi connectivity index (χ2v) is 4.95. The van der Waals surface area contributed by atoms with Crippen LogP contribution < -0.4 is 5.73 Å². The van der Waals surface area contributed by atoms with Crippen molar-refractivity contribution in [2.75, 3.05) is 12.3 Å². The molecule has 0 saturated carbocycles. The summed E-state index contributed by atoms with van der Waals surface area (Å²) in [6, 6.07) is 2.75. The van der Waals surface area contributed by atoms with Crippen molar-refractivity contribution < 1.29 is 13.9 Å². The average Bonchev–Trinajstić information content (AvgIpc) is 2.87. The third-order valence-corrected chi connectivity index (χ3v) is 3.03. The van der Waals surface area contributed by atoms with Crippen LogP contribution in [0.4, 0.5) is 10.1 Å². The van der Waals surface area contributed by atoms with Gasteiger partial charge in [0, 0.05) is 29.1 Å². The smallest absolute Gasteiger partial charge is 0.338 e. The lowest BCUT2D eigenvalue weighted by Gasteiger charge is -2.10. The third-order valence-electron chi connectivity index (χ3n) is 3.03. The van der Waals surface area contributed by atoms with Gasteiger partial charge in [-0.25, -0.2) is 9.18 Å². The first-order chi connectivity index (χ1) is 9.93. The zero-order valence-electron chi connectivity index (χ0n) is 12.3. The molecular formula is C15H18FN3O2. The molecule has 0 aliphatic rings. The topological polar surface area (TPSA) is 70.1 Å². The van der Waals surface area contributed by atoms with Crippen LogP contribution in [0.25, 0.3) is 11.1 Å². The van der Waals surface area contributed by atoms with Crippen molar-refractivity contribution in [1.29, 1.82) is 0 Å². The number of nitrogens with two attached hydrogens (primary N) is 1. The number of aromatic nitrogens is 2. The van der Waals surface area contributed by atoms with Gasteiger partial charge < -0.3 is 10.5 Å². The van der Waals surface area contributed by atoms with Crippen LogP contribution >= 0.6 is 0 Å². The number of ether oxygens (including phenoxy) is 1. The minimum Gasteiger partial charge on any atom is -0.462 e. The summed E-state index contributed by atoms with van der Waals surface area (Å²) in [5.74, 6) is -1.17. The van der Waals surface area contributed by atoms with Gasteiger partial charge in [-0.3, -0.25) is 4.68 Å². The number of nitrogens with zero attached hydrogens (tertiary/aromatic N) is 2. The first kappa shape index (κ1) is 15.0. The van der Waals surface area contributed by atoms with Crippen LogP contribution in [-0.4, -0.2) is 22.4 Å². The van der Waals surface area contributed by atoms with Gasteiger partial charge in [0.15, 0.2) is 0 Å². The second-order valence-electron chi connectivity index (χ2n) is 4.95. The molecule has 1 aromatic heterocycles. The maximum atomic E-state index is 14.3. The molecule has 6 heteroatoms. The summed E-state index contributed by atoms with van der Waals surface area (Å²) in [5, 5.41) is 4.17. The Morgan fingerprint density at radius 2 is 2.19 bits per heavy atom. The molecule has 0 radical (unpaired) electrons. The van der Waals surface area contributed by atoms with Crippen molar-refractivity contribution in [3.63, 3.8) is 0 Å². The fourth-order valence-corrected chi connectivity index (χ4v) is 2.04. The Labute approximate surface area is 122 Å². The van der Waals surface area contributed by atoms with Gasteiger partial charge in [0.2, 0.25) is 0 Å². The Kier molecular flexibility index (Phi) is 4.26. The van der Waals surface area contributed by atoms with Crippen LogP contribution in [0, 0.1) is 5.82 Å². The van der Waals surface area contributed by atoms with Gasteiger partial charge in [0.25, 0.3) is 0 Å². The Balaban J connectivity index is 2.57. The quantitative estimate of drug-likeness (QED) is 0.694. The molecule has 5 nitrogen and oxygen atoms in total. The third kappa shape index (κ3) is 3.04. The number of nitrogen functional groups attached to an aromatic ring is 1. The fourth-order valence-electron chi connectivity index (χ4n) is 2.04. The number of hydrogen-bond donors (Lipinski definition) is 1. The summed E-state index contributed by atoms with van der Waals surface area (Å²) in [5.41, 5.74) is 6.59. The number of esters is 1. The molecule has 2 aromatic rings. The van der Waals surface area contributed by atoms with Crippen molar-refractivity contribution in [1.82, 2.24) is 9.78 Å². The average molecular weight is 291 g/mol. The standard InChI is InChI=1S/C15H18FN3O2/c1-4-21-15(20)12-5-11(17)6-13(16)14(12)10-7-18-19(8-10)9(2)3/h5-9H,4,17H2,1-3H3. The summed E-state index contributed by atoms with van der Waals surface area (Å²) < 4.78 is 20.9. The molecule has 2 rings (SSSR count). The number of carbonyl (C=O) groups excluding carboxylic acids is 1. The number of benzene rings is 1. The predicted molar refractivity (Wildman–Crippen MR) is 78.4 cm³/mol. The van der Waals surface area contributed by atoms with Crippen LogP contribution in [0.2, 0.25) is 0 Å². The van der Waals surface area contributed by atoms with Gasteiger partial charge in [-0.05, 0) is 32.9 Å². The van der Waals surface area contributed by atoms with Crippen LogP contribution in [0.5, 0.6) is 0 Å². The van der Waals surface area contributed by atoms with Gasteiger partial charge in [-0.15, -0.1) is 0 Å². The monoisotopic (exact) mass is 291 g/mol. The molecule has 0 unspecified atom stereocenters. The molecule has 0 spiro atoms. The summed E-state index contributed by atoms with van der Waals surface area (Å²) in [7, 11) is 0. The number of anilines is 1.